The van der Waals surface area contributed by atoms with E-state index in [2.05, 4.69) is 32.2 Å². The van der Waals surface area contributed by atoms with Crippen LogP contribution in [0.4, 0.5) is 21.6 Å². The molecule has 2 aromatic carbocycles. The zero-order chi connectivity index (χ0) is 19.3. The molecule has 1 amide bonds. The van der Waals surface area contributed by atoms with E-state index >= 15 is 0 Å². The Balaban J connectivity index is 1.41. The third-order valence-electron chi connectivity index (χ3n) is 4.83. The number of para-hydroxylation sites is 1. The maximum atomic E-state index is 13.0. The summed E-state index contributed by atoms with van der Waals surface area (Å²) in [4.78, 5) is 21.5. The van der Waals surface area contributed by atoms with Gasteiger partial charge in [-0.2, -0.15) is 0 Å². The summed E-state index contributed by atoms with van der Waals surface area (Å²) >= 11 is 0. The number of aromatic nitrogens is 1. The Kier molecular flexibility index (Phi) is 5.19. The van der Waals surface area contributed by atoms with Gasteiger partial charge in [-0.05, 0) is 48.5 Å². The highest BCUT2D eigenvalue weighted by molar-refractivity contribution is 6.04. The van der Waals surface area contributed by atoms with E-state index in [4.69, 9.17) is 0 Å². The molecule has 1 aliphatic rings. The first-order chi connectivity index (χ1) is 13.7. The number of benzene rings is 2. The van der Waals surface area contributed by atoms with Gasteiger partial charge in [-0.25, -0.2) is 9.37 Å². The highest BCUT2D eigenvalue weighted by Gasteiger charge is 2.19. The topological polar surface area (TPSA) is 48.5 Å². The molecule has 0 saturated carbocycles. The molecule has 6 heteroatoms. The number of piperazine rings is 1. The molecule has 0 unspecified atom stereocenters. The van der Waals surface area contributed by atoms with Crippen molar-refractivity contribution < 1.29 is 9.18 Å². The van der Waals surface area contributed by atoms with Crippen molar-refractivity contribution in [2.75, 3.05) is 41.3 Å². The Bertz CT molecular complexity index is 938. The molecule has 1 aromatic heterocycles. The monoisotopic (exact) mass is 376 g/mol. The summed E-state index contributed by atoms with van der Waals surface area (Å²) in [5.41, 5.74) is 2.31. The third-order valence-corrected chi connectivity index (χ3v) is 4.83. The number of carbonyl (C=O) groups excluding carboxylic acids is 1. The van der Waals surface area contributed by atoms with Crippen LogP contribution in [0, 0.1) is 5.82 Å². The van der Waals surface area contributed by atoms with Gasteiger partial charge in [0.05, 0.1) is 0 Å². The van der Waals surface area contributed by atoms with Crippen LogP contribution in [0.2, 0.25) is 0 Å². The summed E-state index contributed by atoms with van der Waals surface area (Å²) < 4.78 is 13.0. The van der Waals surface area contributed by atoms with Gasteiger partial charge in [-0.15, -0.1) is 0 Å². The smallest absolute Gasteiger partial charge is 0.255 e. The molecule has 3 aromatic rings. The van der Waals surface area contributed by atoms with E-state index in [1.807, 2.05) is 18.2 Å². The van der Waals surface area contributed by atoms with Crippen LogP contribution < -0.4 is 15.1 Å². The molecule has 0 bridgehead atoms. The maximum absolute atomic E-state index is 13.0. The molecule has 1 fully saturated rings. The number of carbonyl (C=O) groups is 1. The highest BCUT2D eigenvalue weighted by Crippen LogP contribution is 2.20. The largest absolute Gasteiger partial charge is 0.368 e. The molecule has 4 rings (SSSR count). The first-order valence-electron chi connectivity index (χ1n) is 9.27. The van der Waals surface area contributed by atoms with Crippen LogP contribution >= 0.6 is 0 Å². The van der Waals surface area contributed by atoms with E-state index in [0.717, 1.165) is 32.0 Å². The summed E-state index contributed by atoms with van der Waals surface area (Å²) in [7, 11) is 0. The second-order valence-electron chi connectivity index (χ2n) is 6.67. The van der Waals surface area contributed by atoms with E-state index in [9.17, 15) is 9.18 Å². The van der Waals surface area contributed by atoms with Crippen LogP contribution in [0.5, 0.6) is 0 Å². The van der Waals surface area contributed by atoms with Gasteiger partial charge in [-0.1, -0.05) is 18.2 Å². The molecule has 1 saturated heterocycles. The van der Waals surface area contributed by atoms with Gasteiger partial charge >= 0.3 is 0 Å². The normalized spacial score (nSPS) is 14.0. The second-order valence-corrected chi connectivity index (χ2v) is 6.67. The van der Waals surface area contributed by atoms with E-state index in [1.165, 1.54) is 30.0 Å². The molecular formula is C22H21FN4O. The first kappa shape index (κ1) is 18.0. The van der Waals surface area contributed by atoms with Gasteiger partial charge in [0.2, 0.25) is 0 Å². The Labute approximate surface area is 163 Å². The van der Waals surface area contributed by atoms with Crippen LogP contribution in [0.1, 0.15) is 10.4 Å². The van der Waals surface area contributed by atoms with E-state index in [1.54, 1.807) is 18.3 Å². The zero-order valence-corrected chi connectivity index (χ0v) is 15.4. The molecule has 5 nitrogen and oxygen atoms in total. The highest BCUT2D eigenvalue weighted by atomic mass is 19.1. The minimum atomic E-state index is -0.334. The molecule has 0 atom stereocenters. The second kappa shape index (κ2) is 8.08. The molecule has 1 aliphatic heterocycles. The van der Waals surface area contributed by atoms with Gasteiger partial charge in [-0.3, -0.25) is 4.79 Å². The lowest BCUT2D eigenvalue weighted by molar-refractivity contribution is 0.102. The molecule has 0 aliphatic carbocycles. The summed E-state index contributed by atoms with van der Waals surface area (Å²) in [6.45, 7) is 3.48. The Morgan fingerprint density at radius 1 is 0.893 bits per heavy atom. The maximum Gasteiger partial charge on any atom is 0.255 e. The van der Waals surface area contributed by atoms with Gasteiger partial charge in [0.15, 0.2) is 0 Å². The molecular weight excluding hydrogens is 355 g/mol. The lowest BCUT2D eigenvalue weighted by atomic mass is 10.2. The fraction of sp³-hybridized carbons (Fsp3) is 0.182. The molecule has 0 radical (unpaired) electrons. The summed E-state index contributed by atoms with van der Waals surface area (Å²) in [6.07, 6.45) is 1.65. The fourth-order valence-corrected chi connectivity index (χ4v) is 3.30. The molecule has 142 valence electrons. The van der Waals surface area contributed by atoms with E-state index in [0.29, 0.717) is 11.3 Å². The van der Waals surface area contributed by atoms with E-state index in [-0.39, 0.29) is 11.7 Å². The molecule has 28 heavy (non-hydrogen) atoms. The fourth-order valence-electron chi connectivity index (χ4n) is 3.30. The van der Waals surface area contributed by atoms with Crippen molar-refractivity contribution in [3.63, 3.8) is 0 Å². The quantitative estimate of drug-likeness (QED) is 0.753. The molecule has 2 heterocycles. The number of amides is 1. The predicted molar refractivity (Wildman–Crippen MR) is 109 cm³/mol. The van der Waals surface area contributed by atoms with Crippen LogP contribution in [-0.2, 0) is 0 Å². The minimum Gasteiger partial charge on any atom is -0.368 e. The van der Waals surface area contributed by atoms with Crippen LogP contribution in [0.25, 0.3) is 0 Å². The molecule has 0 spiro atoms. The van der Waals surface area contributed by atoms with Crippen molar-refractivity contribution in [2.24, 2.45) is 0 Å². The number of hydrogen-bond donors (Lipinski definition) is 1. The van der Waals surface area contributed by atoms with Crippen molar-refractivity contribution in [3.8, 4) is 0 Å². The lowest BCUT2D eigenvalue weighted by Gasteiger charge is -2.36. The number of nitrogens with one attached hydrogen (secondary N) is 1. The van der Waals surface area contributed by atoms with Gasteiger partial charge < -0.3 is 15.1 Å². The number of anilines is 3. The number of halogens is 1. The van der Waals surface area contributed by atoms with Crippen LogP contribution in [0.15, 0.2) is 72.9 Å². The van der Waals surface area contributed by atoms with Gasteiger partial charge in [0.25, 0.3) is 5.91 Å². The summed E-state index contributed by atoms with van der Waals surface area (Å²) in [6, 6.07) is 19.6. The van der Waals surface area contributed by atoms with Crippen LogP contribution in [0.3, 0.4) is 0 Å². The average molecular weight is 376 g/mol. The Morgan fingerprint density at radius 3 is 2.29 bits per heavy atom. The van der Waals surface area contributed by atoms with Crippen molar-refractivity contribution in [1.29, 1.82) is 0 Å². The van der Waals surface area contributed by atoms with Crippen molar-refractivity contribution in [2.45, 2.75) is 0 Å². The lowest BCUT2D eigenvalue weighted by Crippen LogP contribution is -2.46. The summed E-state index contributed by atoms with van der Waals surface area (Å²) in [5.74, 6) is 0.219. The SMILES string of the molecule is O=C(Nc1ccc(F)cc1)c1ccnc(N2CCN(c3ccccc3)CC2)c1. The third kappa shape index (κ3) is 4.11. The first-order valence-corrected chi connectivity index (χ1v) is 9.27. The number of nitrogens with zero attached hydrogens (tertiary/aromatic N) is 3. The van der Waals surface area contributed by atoms with E-state index < -0.39 is 0 Å². The average Bonchev–Trinajstić information content (AvgIpc) is 2.76. The van der Waals surface area contributed by atoms with Crippen molar-refractivity contribution >= 4 is 23.1 Å². The van der Waals surface area contributed by atoms with Gasteiger partial charge in [0.1, 0.15) is 11.6 Å². The van der Waals surface area contributed by atoms with Crippen LogP contribution in [-0.4, -0.2) is 37.1 Å². The Hall–Kier alpha value is -3.41. The zero-order valence-electron chi connectivity index (χ0n) is 15.4. The molecule has 1 N–H and O–H groups in total. The van der Waals surface area contributed by atoms with Gasteiger partial charge in [0, 0.05) is 49.3 Å². The summed E-state index contributed by atoms with van der Waals surface area (Å²) in [5, 5.41) is 2.78. The number of hydrogen-bond acceptors (Lipinski definition) is 4. The Morgan fingerprint density at radius 2 is 1.57 bits per heavy atom. The number of rotatable bonds is 4. The predicted octanol–water partition coefficient (Wildman–Crippen LogP) is 3.80. The van der Waals surface area contributed by atoms with Crippen molar-refractivity contribution in [3.05, 3.63) is 84.3 Å². The minimum absolute atomic E-state index is 0.238. The number of pyridine rings is 1. The van der Waals surface area contributed by atoms with Crippen molar-refractivity contribution in [1.82, 2.24) is 4.98 Å². The standard InChI is InChI=1S/C22H21FN4O/c23-18-6-8-19(9-7-18)25-22(28)17-10-11-24-21(16-17)27-14-12-26(13-15-27)20-4-2-1-3-5-20/h1-11,16H,12-15H2,(H,25,28).